The van der Waals surface area contributed by atoms with E-state index in [2.05, 4.69) is 4.74 Å². The average Bonchev–Trinajstić information content (AvgIpc) is 2.24. The fourth-order valence-electron chi connectivity index (χ4n) is 1.30. The largest absolute Gasteiger partial charge is 0.469 e. The molecule has 5 heteroatoms. The van der Waals surface area contributed by atoms with Gasteiger partial charge in [0, 0.05) is 0 Å². The Hall–Kier alpha value is -0.710. The number of hydrogen-bond acceptors (Lipinski definition) is 5. The molecule has 0 saturated carbocycles. The molecule has 0 fully saturated rings. The van der Waals surface area contributed by atoms with E-state index in [0.29, 0.717) is 13.0 Å². The summed E-state index contributed by atoms with van der Waals surface area (Å²) in [5.41, 5.74) is 0. The van der Waals surface area contributed by atoms with E-state index in [1.165, 1.54) is 18.9 Å². The van der Waals surface area contributed by atoms with E-state index in [0.717, 1.165) is 0 Å². The van der Waals surface area contributed by atoms with Crippen molar-refractivity contribution in [1.29, 1.82) is 0 Å². The number of esters is 2. The summed E-state index contributed by atoms with van der Waals surface area (Å²) < 4.78 is 9.56. The molecule has 0 aromatic rings. The molecule has 0 unspecified atom stereocenters. The number of carbonyl (C=O) groups excluding carboxylic acids is 2. The first-order valence-electron chi connectivity index (χ1n) is 4.89. The van der Waals surface area contributed by atoms with Gasteiger partial charge in [0.15, 0.2) is 0 Å². The predicted molar refractivity (Wildman–Crippen MR) is 59.7 cm³/mol. The molecule has 0 aliphatic rings. The maximum atomic E-state index is 11.5. The highest BCUT2D eigenvalue weighted by Gasteiger charge is 2.33. The molecule has 4 nitrogen and oxygen atoms in total. The van der Waals surface area contributed by atoms with Gasteiger partial charge in [0.05, 0.1) is 19.6 Å². The van der Waals surface area contributed by atoms with E-state index >= 15 is 0 Å². The molecule has 0 aliphatic heterocycles. The number of hydrogen-bond donors (Lipinski definition) is 0. The molecule has 0 aromatic heterocycles. The summed E-state index contributed by atoms with van der Waals surface area (Å²) in [6, 6.07) is 0. The van der Waals surface area contributed by atoms with E-state index in [-0.39, 0.29) is 11.9 Å². The Bertz CT molecular complexity index is 217. The van der Waals surface area contributed by atoms with Gasteiger partial charge in [0.2, 0.25) is 0 Å². The second kappa shape index (κ2) is 7.56. The van der Waals surface area contributed by atoms with Crippen molar-refractivity contribution < 1.29 is 19.1 Å². The first-order chi connectivity index (χ1) is 7.12. The third kappa shape index (κ3) is 4.11. The highest BCUT2D eigenvalue weighted by molar-refractivity contribution is 7.99. The molecule has 0 spiro atoms. The van der Waals surface area contributed by atoms with Crippen molar-refractivity contribution in [3.05, 3.63) is 0 Å². The van der Waals surface area contributed by atoms with Gasteiger partial charge in [-0.1, -0.05) is 6.92 Å². The van der Waals surface area contributed by atoms with Gasteiger partial charge in [-0.3, -0.25) is 9.59 Å². The molecule has 0 bridgehead atoms. The Morgan fingerprint density at radius 3 is 2.20 bits per heavy atom. The van der Waals surface area contributed by atoms with Crippen LogP contribution in [0.2, 0.25) is 0 Å². The second-order valence-electron chi connectivity index (χ2n) is 2.95. The fraction of sp³-hybridized carbons (Fsp3) is 0.800. The van der Waals surface area contributed by atoms with Crippen LogP contribution in [0.1, 0.15) is 20.3 Å². The van der Waals surface area contributed by atoms with Crippen molar-refractivity contribution in [2.45, 2.75) is 25.5 Å². The molecule has 15 heavy (non-hydrogen) atoms. The molecule has 2 atom stereocenters. The van der Waals surface area contributed by atoms with Crippen molar-refractivity contribution >= 4 is 23.7 Å². The Balaban J connectivity index is 4.60. The van der Waals surface area contributed by atoms with Gasteiger partial charge in [-0.05, 0) is 19.6 Å². The minimum absolute atomic E-state index is 0.327. The van der Waals surface area contributed by atoms with E-state index in [4.69, 9.17) is 4.74 Å². The van der Waals surface area contributed by atoms with Crippen LogP contribution in [0.3, 0.4) is 0 Å². The minimum atomic E-state index is -0.470. The Morgan fingerprint density at radius 2 is 1.87 bits per heavy atom. The van der Waals surface area contributed by atoms with E-state index in [1.807, 2.05) is 6.92 Å². The van der Waals surface area contributed by atoms with Gasteiger partial charge in [-0.15, -0.1) is 11.8 Å². The van der Waals surface area contributed by atoms with Crippen LogP contribution in [0, 0.1) is 5.92 Å². The number of ether oxygens (including phenoxy) is 2. The van der Waals surface area contributed by atoms with E-state index in [9.17, 15) is 9.59 Å². The van der Waals surface area contributed by atoms with Gasteiger partial charge in [0.25, 0.3) is 0 Å². The summed E-state index contributed by atoms with van der Waals surface area (Å²) in [6.45, 7) is 3.92. The number of methoxy groups -OCH3 is 1. The third-order valence-electron chi connectivity index (χ3n) is 2.08. The molecular formula is C10H18O4S. The summed E-state index contributed by atoms with van der Waals surface area (Å²) in [5, 5.41) is -0.470. The molecule has 0 amide bonds. The zero-order valence-corrected chi connectivity index (χ0v) is 10.4. The first kappa shape index (κ1) is 14.3. The standard InChI is InChI=1S/C10H18O4S/c1-5-7(9(11)13-3)8(15-4)10(12)14-6-2/h7-8H,5-6H2,1-4H3/t7-,8-/m0/s1. The second-order valence-corrected chi connectivity index (χ2v) is 3.93. The van der Waals surface area contributed by atoms with Gasteiger partial charge in [0.1, 0.15) is 5.25 Å². The zero-order chi connectivity index (χ0) is 11.8. The molecule has 0 aromatic carbocycles. The SMILES string of the molecule is CCOC(=O)[C@@H](SC)[C@H](CC)C(=O)OC. The lowest BCUT2D eigenvalue weighted by Crippen LogP contribution is -2.34. The first-order valence-corrected chi connectivity index (χ1v) is 6.18. The average molecular weight is 234 g/mol. The van der Waals surface area contributed by atoms with Crippen LogP contribution in [0.4, 0.5) is 0 Å². The van der Waals surface area contributed by atoms with Crippen LogP contribution < -0.4 is 0 Å². The summed E-state index contributed by atoms with van der Waals surface area (Å²) in [4.78, 5) is 23.0. The monoisotopic (exact) mass is 234 g/mol. The predicted octanol–water partition coefficient (Wildman–Crippen LogP) is 1.48. The van der Waals surface area contributed by atoms with Gasteiger partial charge >= 0.3 is 11.9 Å². The fourth-order valence-corrected chi connectivity index (χ4v) is 2.20. The maximum absolute atomic E-state index is 11.5. The summed E-state index contributed by atoms with van der Waals surface area (Å²) >= 11 is 1.32. The lowest BCUT2D eigenvalue weighted by atomic mass is 10.0. The number of thioether (sulfide) groups is 1. The van der Waals surface area contributed by atoms with Crippen LogP contribution in [-0.4, -0.2) is 37.2 Å². The molecule has 0 aliphatic carbocycles. The van der Waals surface area contributed by atoms with Gasteiger partial charge in [-0.25, -0.2) is 0 Å². The quantitative estimate of drug-likeness (QED) is 0.652. The molecule has 0 rings (SSSR count). The molecule has 0 radical (unpaired) electrons. The molecule has 0 heterocycles. The van der Waals surface area contributed by atoms with E-state index < -0.39 is 11.2 Å². The van der Waals surface area contributed by atoms with Crippen LogP contribution in [-0.2, 0) is 19.1 Å². The normalized spacial score (nSPS) is 14.1. The molecule has 0 N–H and O–H groups in total. The molecular weight excluding hydrogens is 216 g/mol. The van der Waals surface area contributed by atoms with Gasteiger partial charge < -0.3 is 9.47 Å². The van der Waals surface area contributed by atoms with Crippen LogP contribution in [0.5, 0.6) is 0 Å². The zero-order valence-electron chi connectivity index (χ0n) is 9.61. The van der Waals surface area contributed by atoms with E-state index in [1.54, 1.807) is 13.2 Å². The third-order valence-corrected chi connectivity index (χ3v) is 3.11. The highest BCUT2D eigenvalue weighted by atomic mass is 32.2. The van der Waals surface area contributed by atoms with Crippen molar-refractivity contribution in [3.63, 3.8) is 0 Å². The van der Waals surface area contributed by atoms with Crippen LogP contribution >= 0.6 is 11.8 Å². The van der Waals surface area contributed by atoms with Crippen molar-refractivity contribution in [1.82, 2.24) is 0 Å². The highest BCUT2D eigenvalue weighted by Crippen LogP contribution is 2.23. The Kier molecular flexibility index (Phi) is 7.21. The summed E-state index contributed by atoms with van der Waals surface area (Å²) in [6.07, 6.45) is 2.35. The lowest BCUT2D eigenvalue weighted by Gasteiger charge is -2.20. The van der Waals surface area contributed by atoms with Crippen LogP contribution in [0.25, 0.3) is 0 Å². The Morgan fingerprint density at radius 1 is 1.27 bits per heavy atom. The topological polar surface area (TPSA) is 52.6 Å². The number of rotatable bonds is 6. The molecule has 0 saturated heterocycles. The maximum Gasteiger partial charge on any atom is 0.319 e. The summed E-state index contributed by atoms with van der Waals surface area (Å²) in [7, 11) is 1.33. The number of carbonyl (C=O) groups is 2. The van der Waals surface area contributed by atoms with Crippen LogP contribution in [0.15, 0.2) is 0 Å². The van der Waals surface area contributed by atoms with Gasteiger partial charge in [-0.2, -0.15) is 0 Å². The smallest absolute Gasteiger partial charge is 0.319 e. The summed E-state index contributed by atoms with van der Waals surface area (Å²) in [5.74, 6) is -1.13. The lowest BCUT2D eigenvalue weighted by molar-refractivity contribution is -0.152. The van der Waals surface area contributed by atoms with Crippen molar-refractivity contribution in [2.24, 2.45) is 5.92 Å². The molecule has 88 valence electrons. The minimum Gasteiger partial charge on any atom is -0.469 e. The van der Waals surface area contributed by atoms with Crippen molar-refractivity contribution in [3.8, 4) is 0 Å². The van der Waals surface area contributed by atoms with Crippen molar-refractivity contribution in [2.75, 3.05) is 20.0 Å². The Labute approximate surface area is 94.7 Å².